The van der Waals surface area contributed by atoms with Gasteiger partial charge in [0.25, 0.3) is 0 Å². The number of amides is 2. The smallest absolute Gasteiger partial charge is 0.241 e. The van der Waals surface area contributed by atoms with Crippen LogP contribution in [0.25, 0.3) is 11.1 Å². The number of halogens is 2. The summed E-state index contributed by atoms with van der Waals surface area (Å²) in [4.78, 5) is 33.0. The van der Waals surface area contributed by atoms with E-state index in [1.165, 1.54) is 0 Å². The third-order valence-electron chi connectivity index (χ3n) is 7.31. The maximum Gasteiger partial charge on any atom is 0.241 e. The van der Waals surface area contributed by atoms with Crippen LogP contribution in [0.3, 0.4) is 0 Å². The summed E-state index contributed by atoms with van der Waals surface area (Å²) < 4.78 is 5.60. The molecule has 1 aliphatic heterocycles. The standard InChI is InChI=1S/C31H37Cl2N5O3/c1-35(2)25-10-8-23(9-11-25)22-4-6-24(7-5-22)29(37-14-16-41-17-15-37)19-36(3)31(40)21-38(20-30(34)39)26-12-13-27(32)28(33)18-26/h4-13,18,29H,14-17,19-21H2,1-3H3,(H2,34,39). The van der Waals surface area contributed by atoms with Gasteiger partial charge in [-0.15, -0.1) is 0 Å². The molecule has 4 rings (SSSR count). The van der Waals surface area contributed by atoms with Gasteiger partial charge in [0.1, 0.15) is 0 Å². The Kier molecular flexibility index (Phi) is 10.5. The fourth-order valence-corrected chi connectivity index (χ4v) is 5.22. The van der Waals surface area contributed by atoms with E-state index in [-0.39, 0.29) is 25.0 Å². The molecule has 0 saturated carbocycles. The predicted octanol–water partition coefficient (Wildman–Crippen LogP) is 4.55. The highest BCUT2D eigenvalue weighted by molar-refractivity contribution is 6.42. The van der Waals surface area contributed by atoms with Gasteiger partial charge in [0.15, 0.2) is 0 Å². The monoisotopic (exact) mass is 597 g/mol. The lowest BCUT2D eigenvalue weighted by atomic mass is 9.99. The van der Waals surface area contributed by atoms with E-state index >= 15 is 0 Å². The molecule has 3 aromatic carbocycles. The van der Waals surface area contributed by atoms with Gasteiger partial charge in [0.05, 0.1) is 42.4 Å². The van der Waals surface area contributed by atoms with Crippen LogP contribution in [0.15, 0.2) is 66.7 Å². The van der Waals surface area contributed by atoms with Crippen LogP contribution in [0.1, 0.15) is 11.6 Å². The molecule has 1 unspecified atom stereocenters. The second-order valence-corrected chi connectivity index (χ2v) is 11.2. The van der Waals surface area contributed by atoms with Crippen molar-refractivity contribution in [2.24, 2.45) is 5.73 Å². The topological polar surface area (TPSA) is 82.3 Å². The van der Waals surface area contributed by atoms with Crippen LogP contribution >= 0.6 is 23.2 Å². The zero-order chi connectivity index (χ0) is 29.5. The van der Waals surface area contributed by atoms with E-state index in [1.54, 1.807) is 35.0 Å². The van der Waals surface area contributed by atoms with E-state index in [2.05, 4.69) is 58.3 Å². The molecule has 3 aromatic rings. The van der Waals surface area contributed by atoms with Gasteiger partial charge in [-0.1, -0.05) is 59.6 Å². The van der Waals surface area contributed by atoms with Gasteiger partial charge in [0, 0.05) is 52.2 Å². The summed E-state index contributed by atoms with van der Waals surface area (Å²) in [7, 11) is 5.84. The van der Waals surface area contributed by atoms with Gasteiger partial charge in [0.2, 0.25) is 11.8 Å². The lowest BCUT2D eigenvalue weighted by Gasteiger charge is -2.37. The molecule has 0 aromatic heterocycles. The molecule has 2 amide bonds. The molecule has 10 heteroatoms. The highest BCUT2D eigenvalue weighted by Crippen LogP contribution is 2.29. The number of morpholine rings is 1. The Balaban J connectivity index is 1.51. The molecule has 1 aliphatic rings. The normalized spacial score (nSPS) is 14.4. The number of primary amides is 1. The summed E-state index contributed by atoms with van der Waals surface area (Å²) in [5.41, 5.74) is 10.6. The first kappa shape index (κ1) is 30.7. The number of ether oxygens (including phenoxy) is 1. The Hall–Kier alpha value is -3.30. The SMILES string of the molecule is CN(CC(c1ccc(-c2ccc(N(C)C)cc2)cc1)N1CCOCC1)C(=O)CN(CC(N)=O)c1ccc(Cl)c(Cl)c1. The van der Waals surface area contributed by atoms with Crippen LogP contribution in [-0.2, 0) is 14.3 Å². The number of nitrogens with two attached hydrogens (primary N) is 1. The molecule has 41 heavy (non-hydrogen) atoms. The molecule has 0 spiro atoms. The Morgan fingerprint density at radius 1 is 0.854 bits per heavy atom. The third-order valence-corrected chi connectivity index (χ3v) is 8.05. The highest BCUT2D eigenvalue weighted by atomic mass is 35.5. The average Bonchev–Trinajstić information content (AvgIpc) is 2.97. The number of carbonyl (C=O) groups excluding carboxylic acids is 2. The second-order valence-electron chi connectivity index (χ2n) is 10.4. The maximum absolute atomic E-state index is 13.5. The number of benzene rings is 3. The second kappa shape index (κ2) is 14.0. The van der Waals surface area contributed by atoms with Crippen molar-refractivity contribution in [3.8, 4) is 11.1 Å². The molecule has 0 radical (unpaired) electrons. The molecular weight excluding hydrogens is 561 g/mol. The van der Waals surface area contributed by atoms with Crippen LogP contribution in [0.2, 0.25) is 10.0 Å². The van der Waals surface area contributed by atoms with E-state index in [4.69, 9.17) is 33.7 Å². The number of carbonyl (C=O) groups is 2. The zero-order valence-electron chi connectivity index (χ0n) is 23.7. The Bertz CT molecular complexity index is 1330. The minimum atomic E-state index is -0.547. The summed E-state index contributed by atoms with van der Waals surface area (Å²) in [6.07, 6.45) is 0. The third kappa shape index (κ3) is 8.14. The fraction of sp³-hybridized carbons (Fsp3) is 0.355. The minimum absolute atomic E-state index is 0.0208. The number of anilines is 2. The van der Waals surface area contributed by atoms with E-state index < -0.39 is 5.91 Å². The molecule has 1 heterocycles. The van der Waals surface area contributed by atoms with Gasteiger partial charge < -0.3 is 25.2 Å². The molecule has 1 fully saturated rings. The largest absolute Gasteiger partial charge is 0.379 e. The van der Waals surface area contributed by atoms with Gasteiger partial charge >= 0.3 is 0 Å². The van der Waals surface area contributed by atoms with Crippen molar-refractivity contribution < 1.29 is 14.3 Å². The van der Waals surface area contributed by atoms with Crippen LogP contribution in [0.5, 0.6) is 0 Å². The molecule has 2 N–H and O–H groups in total. The van der Waals surface area contributed by atoms with E-state index in [0.29, 0.717) is 35.5 Å². The summed E-state index contributed by atoms with van der Waals surface area (Å²) in [5.74, 6) is -0.692. The lowest BCUT2D eigenvalue weighted by Crippen LogP contribution is -2.47. The van der Waals surface area contributed by atoms with Crippen molar-refractivity contribution in [3.63, 3.8) is 0 Å². The predicted molar refractivity (Wildman–Crippen MR) is 167 cm³/mol. The molecule has 218 valence electrons. The first-order valence-corrected chi connectivity index (χ1v) is 14.3. The van der Waals surface area contributed by atoms with Crippen molar-refractivity contribution in [2.75, 3.05) is 76.9 Å². The first-order valence-electron chi connectivity index (χ1n) is 13.5. The zero-order valence-corrected chi connectivity index (χ0v) is 25.2. The Morgan fingerprint density at radius 3 is 2.00 bits per heavy atom. The number of likely N-dealkylation sites (N-methyl/N-ethyl adjacent to an activating group) is 1. The van der Waals surface area contributed by atoms with Crippen LogP contribution in [-0.4, -0.2) is 88.7 Å². The molecule has 1 saturated heterocycles. The highest BCUT2D eigenvalue weighted by Gasteiger charge is 2.27. The van der Waals surface area contributed by atoms with Gasteiger partial charge in [-0.05, 0) is 47.0 Å². The van der Waals surface area contributed by atoms with Crippen molar-refractivity contribution in [1.82, 2.24) is 9.80 Å². The summed E-state index contributed by atoms with van der Waals surface area (Å²) in [6, 6.07) is 22.0. The molecule has 1 atom stereocenters. The molecular formula is C31H37Cl2N5O3. The van der Waals surface area contributed by atoms with Gasteiger partial charge in [-0.2, -0.15) is 0 Å². The summed E-state index contributed by atoms with van der Waals surface area (Å²) in [6.45, 7) is 3.16. The quantitative estimate of drug-likeness (QED) is 0.349. The van der Waals surface area contributed by atoms with E-state index in [1.807, 2.05) is 14.1 Å². The van der Waals surface area contributed by atoms with E-state index in [9.17, 15) is 9.59 Å². The van der Waals surface area contributed by atoms with Crippen LogP contribution in [0.4, 0.5) is 11.4 Å². The number of nitrogens with zero attached hydrogens (tertiary/aromatic N) is 4. The van der Waals surface area contributed by atoms with Gasteiger partial charge in [-0.25, -0.2) is 0 Å². The summed E-state index contributed by atoms with van der Waals surface area (Å²) >= 11 is 12.3. The van der Waals surface area contributed by atoms with Crippen molar-refractivity contribution in [3.05, 3.63) is 82.3 Å². The van der Waals surface area contributed by atoms with Crippen molar-refractivity contribution in [1.29, 1.82) is 0 Å². The molecule has 8 nitrogen and oxygen atoms in total. The maximum atomic E-state index is 13.5. The van der Waals surface area contributed by atoms with Gasteiger partial charge in [-0.3, -0.25) is 14.5 Å². The number of hydrogen-bond acceptors (Lipinski definition) is 6. The van der Waals surface area contributed by atoms with Crippen LogP contribution < -0.4 is 15.5 Å². The first-order chi connectivity index (χ1) is 19.6. The van der Waals surface area contributed by atoms with Crippen molar-refractivity contribution in [2.45, 2.75) is 6.04 Å². The molecule has 0 bridgehead atoms. The Labute approximate surface area is 252 Å². The molecule has 0 aliphatic carbocycles. The average molecular weight is 599 g/mol. The number of rotatable bonds is 11. The Morgan fingerprint density at radius 2 is 1.44 bits per heavy atom. The lowest BCUT2D eigenvalue weighted by molar-refractivity contribution is -0.129. The van der Waals surface area contributed by atoms with E-state index in [0.717, 1.165) is 35.5 Å². The van der Waals surface area contributed by atoms with Crippen LogP contribution in [0, 0.1) is 0 Å². The number of hydrogen-bond donors (Lipinski definition) is 1. The summed E-state index contributed by atoms with van der Waals surface area (Å²) in [5, 5.41) is 0.728. The fourth-order valence-electron chi connectivity index (χ4n) is 4.92. The van der Waals surface area contributed by atoms with Crippen molar-refractivity contribution >= 4 is 46.4 Å². The minimum Gasteiger partial charge on any atom is -0.379 e.